The first-order valence-electron chi connectivity index (χ1n) is 5.95. The Hall–Kier alpha value is -1.58. The van der Waals surface area contributed by atoms with Crippen molar-refractivity contribution in [3.8, 4) is 5.75 Å². The fraction of sp³-hybridized carbons (Fsp3) is 0.500. The molecule has 0 heterocycles. The lowest BCUT2D eigenvalue weighted by Crippen LogP contribution is -2.23. The van der Waals surface area contributed by atoms with Crippen LogP contribution in [-0.4, -0.2) is 19.2 Å². The number of benzene rings is 1. The van der Waals surface area contributed by atoms with Gasteiger partial charge in [0.1, 0.15) is 11.6 Å². The summed E-state index contributed by atoms with van der Waals surface area (Å²) in [6.45, 7) is 6.19. The molecule has 0 aliphatic rings. The third-order valence-corrected chi connectivity index (χ3v) is 2.22. The topological polar surface area (TPSA) is 35.5 Å². The van der Waals surface area contributed by atoms with Crippen LogP contribution < -0.4 is 4.74 Å². The standard InChI is InChI=1S/C14H19FO3/c1-14(2,3)13(16)18-10-4-9-17-12-7-5-11(15)6-8-12/h5-8H,4,9-10H2,1-3H3. The van der Waals surface area contributed by atoms with Crippen LogP contribution >= 0.6 is 0 Å². The first-order chi connectivity index (χ1) is 8.39. The summed E-state index contributed by atoms with van der Waals surface area (Å²) in [7, 11) is 0. The summed E-state index contributed by atoms with van der Waals surface area (Å²) < 4.78 is 23.1. The van der Waals surface area contributed by atoms with E-state index in [1.54, 1.807) is 12.1 Å². The van der Waals surface area contributed by atoms with Gasteiger partial charge >= 0.3 is 5.97 Å². The highest BCUT2D eigenvalue weighted by Gasteiger charge is 2.22. The summed E-state index contributed by atoms with van der Waals surface area (Å²) in [6, 6.07) is 5.82. The van der Waals surface area contributed by atoms with Gasteiger partial charge in [-0.15, -0.1) is 0 Å². The molecule has 1 aromatic carbocycles. The van der Waals surface area contributed by atoms with Crippen molar-refractivity contribution in [2.45, 2.75) is 27.2 Å². The molecule has 4 heteroatoms. The molecular formula is C14H19FO3. The molecule has 18 heavy (non-hydrogen) atoms. The monoisotopic (exact) mass is 254 g/mol. The summed E-state index contributed by atoms with van der Waals surface area (Å²) in [5, 5.41) is 0. The number of esters is 1. The number of carbonyl (C=O) groups is 1. The normalized spacial score (nSPS) is 11.1. The molecule has 0 spiro atoms. The number of halogens is 1. The predicted octanol–water partition coefficient (Wildman–Crippen LogP) is 3.18. The fourth-order valence-corrected chi connectivity index (χ4v) is 1.16. The van der Waals surface area contributed by atoms with E-state index in [1.807, 2.05) is 20.8 Å². The zero-order chi connectivity index (χ0) is 13.6. The van der Waals surface area contributed by atoms with E-state index in [9.17, 15) is 9.18 Å². The number of hydrogen-bond acceptors (Lipinski definition) is 3. The summed E-state index contributed by atoms with van der Waals surface area (Å²) in [4.78, 5) is 11.4. The summed E-state index contributed by atoms with van der Waals surface area (Å²) in [5.41, 5.74) is -0.474. The van der Waals surface area contributed by atoms with Crippen LogP contribution in [0, 0.1) is 11.2 Å². The molecule has 0 N–H and O–H groups in total. The van der Waals surface area contributed by atoms with Crippen LogP contribution in [0.15, 0.2) is 24.3 Å². The van der Waals surface area contributed by atoms with Crippen molar-refractivity contribution in [1.29, 1.82) is 0 Å². The number of carbonyl (C=O) groups excluding carboxylic acids is 1. The van der Waals surface area contributed by atoms with E-state index in [2.05, 4.69) is 0 Å². The van der Waals surface area contributed by atoms with E-state index in [1.165, 1.54) is 12.1 Å². The molecule has 0 aliphatic heterocycles. The lowest BCUT2D eigenvalue weighted by Gasteiger charge is -2.16. The SMILES string of the molecule is CC(C)(C)C(=O)OCCCOc1ccc(F)cc1. The van der Waals surface area contributed by atoms with E-state index >= 15 is 0 Å². The number of rotatable bonds is 5. The van der Waals surface area contributed by atoms with Gasteiger partial charge in [0.05, 0.1) is 18.6 Å². The molecule has 0 amide bonds. The van der Waals surface area contributed by atoms with Crippen molar-refractivity contribution in [2.75, 3.05) is 13.2 Å². The zero-order valence-electron chi connectivity index (χ0n) is 11.0. The summed E-state index contributed by atoms with van der Waals surface area (Å²) in [5.74, 6) is 0.101. The van der Waals surface area contributed by atoms with Gasteiger partial charge in [-0.05, 0) is 45.0 Å². The van der Waals surface area contributed by atoms with Crippen LogP contribution in [0.3, 0.4) is 0 Å². The Labute approximate surface area is 107 Å². The predicted molar refractivity (Wildman–Crippen MR) is 66.9 cm³/mol. The van der Waals surface area contributed by atoms with E-state index < -0.39 is 5.41 Å². The molecule has 1 aromatic rings. The second kappa shape index (κ2) is 6.38. The van der Waals surface area contributed by atoms with Crippen molar-refractivity contribution >= 4 is 5.97 Å². The Balaban J connectivity index is 2.16. The van der Waals surface area contributed by atoms with Gasteiger partial charge in [-0.3, -0.25) is 4.79 Å². The van der Waals surface area contributed by atoms with Crippen molar-refractivity contribution in [2.24, 2.45) is 5.41 Å². The highest BCUT2D eigenvalue weighted by Crippen LogP contribution is 2.15. The third kappa shape index (κ3) is 5.17. The van der Waals surface area contributed by atoms with Gasteiger partial charge < -0.3 is 9.47 Å². The molecule has 0 saturated heterocycles. The molecule has 0 atom stereocenters. The minimum Gasteiger partial charge on any atom is -0.493 e. The van der Waals surface area contributed by atoms with Gasteiger partial charge in [-0.2, -0.15) is 0 Å². The van der Waals surface area contributed by atoms with Gasteiger partial charge in [-0.1, -0.05) is 0 Å². The Morgan fingerprint density at radius 1 is 1.17 bits per heavy atom. The fourth-order valence-electron chi connectivity index (χ4n) is 1.16. The highest BCUT2D eigenvalue weighted by molar-refractivity contribution is 5.75. The van der Waals surface area contributed by atoms with Gasteiger partial charge in [-0.25, -0.2) is 4.39 Å². The largest absolute Gasteiger partial charge is 0.493 e. The van der Waals surface area contributed by atoms with Crippen LogP contribution in [0.2, 0.25) is 0 Å². The second-order valence-electron chi connectivity index (χ2n) is 5.04. The van der Waals surface area contributed by atoms with E-state index in [-0.39, 0.29) is 11.8 Å². The van der Waals surface area contributed by atoms with E-state index in [0.717, 1.165) is 0 Å². The van der Waals surface area contributed by atoms with Crippen LogP contribution in [0.5, 0.6) is 5.75 Å². The van der Waals surface area contributed by atoms with Gasteiger partial charge in [0, 0.05) is 6.42 Å². The van der Waals surface area contributed by atoms with Gasteiger partial charge in [0.2, 0.25) is 0 Å². The first kappa shape index (κ1) is 14.5. The number of hydrogen-bond donors (Lipinski definition) is 0. The lowest BCUT2D eigenvalue weighted by molar-refractivity contribution is -0.153. The third-order valence-electron chi connectivity index (χ3n) is 2.22. The Kier molecular flexibility index (Phi) is 5.13. The Bertz CT molecular complexity index is 379. The maximum Gasteiger partial charge on any atom is 0.311 e. The molecule has 3 nitrogen and oxygen atoms in total. The molecule has 1 rings (SSSR count). The molecule has 0 bridgehead atoms. The van der Waals surface area contributed by atoms with Crippen molar-refractivity contribution in [3.63, 3.8) is 0 Å². The zero-order valence-corrected chi connectivity index (χ0v) is 11.0. The summed E-state index contributed by atoms with van der Waals surface area (Å²) in [6.07, 6.45) is 0.610. The molecule has 0 aromatic heterocycles. The molecule has 0 unspecified atom stereocenters. The average Bonchev–Trinajstić information content (AvgIpc) is 2.29. The molecular weight excluding hydrogens is 235 g/mol. The maximum absolute atomic E-state index is 12.6. The highest BCUT2D eigenvalue weighted by atomic mass is 19.1. The summed E-state index contributed by atoms with van der Waals surface area (Å²) >= 11 is 0. The van der Waals surface area contributed by atoms with Gasteiger partial charge in [0.25, 0.3) is 0 Å². The molecule has 0 aliphatic carbocycles. The van der Waals surface area contributed by atoms with Crippen LogP contribution in [0.25, 0.3) is 0 Å². The minimum atomic E-state index is -0.474. The maximum atomic E-state index is 12.6. The van der Waals surface area contributed by atoms with Crippen LogP contribution in [0.1, 0.15) is 27.2 Å². The van der Waals surface area contributed by atoms with Crippen molar-refractivity contribution < 1.29 is 18.7 Å². The number of ether oxygens (including phenoxy) is 2. The van der Waals surface area contributed by atoms with Gasteiger partial charge in [0.15, 0.2) is 0 Å². The van der Waals surface area contributed by atoms with Crippen molar-refractivity contribution in [1.82, 2.24) is 0 Å². The molecule has 0 saturated carbocycles. The lowest BCUT2D eigenvalue weighted by atomic mass is 9.97. The minimum absolute atomic E-state index is 0.218. The van der Waals surface area contributed by atoms with Crippen LogP contribution in [0.4, 0.5) is 4.39 Å². The molecule has 0 radical (unpaired) electrons. The molecule has 100 valence electrons. The van der Waals surface area contributed by atoms with Crippen LogP contribution in [-0.2, 0) is 9.53 Å². The average molecular weight is 254 g/mol. The second-order valence-corrected chi connectivity index (χ2v) is 5.04. The van der Waals surface area contributed by atoms with E-state index in [0.29, 0.717) is 25.4 Å². The Morgan fingerprint density at radius 3 is 2.33 bits per heavy atom. The van der Waals surface area contributed by atoms with Crippen molar-refractivity contribution in [3.05, 3.63) is 30.1 Å². The smallest absolute Gasteiger partial charge is 0.311 e. The Morgan fingerprint density at radius 2 is 1.78 bits per heavy atom. The van der Waals surface area contributed by atoms with E-state index in [4.69, 9.17) is 9.47 Å². The molecule has 0 fully saturated rings. The first-order valence-corrected chi connectivity index (χ1v) is 5.95. The quantitative estimate of drug-likeness (QED) is 0.598.